The number of benzene rings is 2. The van der Waals surface area contributed by atoms with Gasteiger partial charge in [-0.2, -0.15) is 4.98 Å². The van der Waals surface area contributed by atoms with Crippen LogP contribution < -0.4 is 9.47 Å². The number of hydrogen-bond donors (Lipinski definition) is 0. The minimum atomic E-state index is -3.62. The lowest BCUT2D eigenvalue weighted by Gasteiger charge is -2.20. The Morgan fingerprint density at radius 3 is 2.26 bits per heavy atom. The average Bonchev–Trinajstić information content (AvgIpc) is 3.17. The first-order valence-electron chi connectivity index (χ1n) is 9.83. The number of sulfonamides is 1. The van der Waals surface area contributed by atoms with Crippen LogP contribution in [0, 0.1) is 20.8 Å². The Balaban J connectivity index is 1.59. The number of rotatable bonds is 9. The van der Waals surface area contributed by atoms with Crippen molar-refractivity contribution in [1.82, 2.24) is 14.4 Å². The summed E-state index contributed by atoms with van der Waals surface area (Å²) >= 11 is 0. The van der Waals surface area contributed by atoms with Gasteiger partial charge in [0.2, 0.25) is 10.0 Å². The molecule has 2 aromatic carbocycles. The molecule has 0 aliphatic heterocycles. The Bertz CT molecular complexity index is 1120. The van der Waals surface area contributed by atoms with Crippen LogP contribution in [-0.4, -0.2) is 43.6 Å². The van der Waals surface area contributed by atoms with E-state index in [4.69, 9.17) is 14.0 Å². The lowest BCUT2D eigenvalue weighted by molar-refractivity contribution is 0.242. The van der Waals surface area contributed by atoms with Gasteiger partial charge in [-0.15, -0.1) is 0 Å². The third-order valence-corrected chi connectivity index (χ3v) is 7.02. The summed E-state index contributed by atoms with van der Waals surface area (Å²) in [6.45, 7) is 5.93. The summed E-state index contributed by atoms with van der Waals surface area (Å²) in [5, 5.41) is 3.92. The predicted molar refractivity (Wildman–Crippen MR) is 116 cm³/mol. The minimum Gasteiger partial charge on any atom is -0.497 e. The molecule has 0 unspecified atom stereocenters. The van der Waals surface area contributed by atoms with Gasteiger partial charge in [0.05, 0.1) is 12.0 Å². The van der Waals surface area contributed by atoms with E-state index in [-0.39, 0.29) is 13.2 Å². The molecule has 8 nitrogen and oxygen atoms in total. The number of hydrogen-bond acceptors (Lipinski definition) is 7. The summed E-state index contributed by atoms with van der Waals surface area (Å²) < 4.78 is 43.4. The summed E-state index contributed by atoms with van der Waals surface area (Å²) in [6, 6.07) is 10.9. The van der Waals surface area contributed by atoms with Crippen molar-refractivity contribution >= 4 is 10.0 Å². The molecule has 1 heterocycles. The minimum absolute atomic E-state index is 0.120. The van der Waals surface area contributed by atoms with Crippen LogP contribution in [0.2, 0.25) is 0 Å². The van der Waals surface area contributed by atoms with Crippen molar-refractivity contribution in [1.29, 1.82) is 0 Å². The maximum Gasteiger partial charge on any atom is 0.264 e. The fourth-order valence-corrected chi connectivity index (χ4v) is 4.95. The molecule has 0 saturated heterocycles. The number of methoxy groups -OCH3 is 1. The summed E-state index contributed by atoms with van der Waals surface area (Å²) in [5.41, 5.74) is 2.51. The third kappa shape index (κ3) is 5.42. The predicted octanol–water partition coefficient (Wildman–Crippen LogP) is 3.45. The van der Waals surface area contributed by atoms with E-state index in [0.717, 1.165) is 22.4 Å². The van der Waals surface area contributed by atoms with Crippen LogP contribution in [0.1, 0.15) is 28.4 Å². The quantitative estimate of drug-likeness (QED) is 0.498. The van der Waals surface area contributed by atoms with Crippen LogP contribution in [0.15, 0.2) is 45.8 Å². The van der Waals surface area contributed by atoms with Gasteiger partial charge < -0.3 is 14.0 Å². The molecule has 0 radical (unpaired) electrons. The summed E-state index contributed by atoms with van der Waals surface area (Å²) in [7, 11) is -0.464. The Morgan fingerprint density at radius 1 is 1.03 bits per heavy atom. The topological polar surface area (TPSA) is 94.8 Å². The monoisotopic (exact) mass is 445 g/mol. The summed E-state index contributed by atoms with van der Waals surface area (Å²) in [6.07, 6.45) is 0.325. The first-order valence-corrected chi connectivity index (χ1v) is 11.3. The molecule has 31 heavy (non-hydrogen) atoms. The number of likely N-dealkylation sites (N-methyl/N-ethyl adjacent to an activating group) is 1. The molecule has 0 bridgehead atoms. The van der Waals surface area contributed by atoms with E-state index in [1.54, 1.807) is 38.4 Å². The maximum atomic E-state index is 13.0. The second-order valence-electron chi connectivity index (χ2n) is 7.37. The van der Waals surface area contributed by atoms with Gasteiger partial charge in [-0.1, -0.05) is 22.9 Å². The van der Waals surface area contributed by atoms with E-state index in [1.807, 2.05) is 32.9 Å². The fraction of sp³-hybridized carbons (Fsp3) is 0.364. The summed E-state index contributed by atoms with van der Waals surface area (Å²) in [4.78, 5) is 4.63. The second-order valence-corrected chi connectivity index (χ2v) is 9.35. The zero-order chi connectivity index (χ0) is 22.6. The van der Waals surface area contributed by atoms with E-state index in [9.17, 15) is 8.42 Å². The van der Waals surface area contributed by atoms with E-state index in [0.29, 0.717) is 28.8 Å². The van der Waals surface area contributed by atoms with Crippen LogP contribution >= 0.6 is 0 Å². The highest BCUT2D eigenvalue weighted by Crippen LogP contribution is 2.24. The molecule has 9 heteroatoms. The van der Waals surface area contributed by atoms with Crippen molar-refractivity contribution in [3.63, 3.8) is 0 Å². The molecule has 0 aliphatic carbocycles. The zero-order valence-corrected chi connectivity index (χ0v) is 19.2. The van der Waals surface area contributed by atoms with E-state index in [2.05, 4.69) is 10.1 Å². The van der Waals surface area contributed by atoms with Crippen molar-refractivity contribution < 1.29 is 22.4 Å². The Kier molecular flexibility index (Phi) is 6.97. The molecule has 0 atom stereocenters. The first kappa shape index (κ1) is 22.8. The van der Waals surface area contributed by atoms with Crippen LogP contribution in [-0.2, 0) is 23.1 Å². The lowest BCUT2D eigenvalue weighted by Crippen LogP contribution is -2.30. The van der Waals surface area contributed by atoms with Crippen LogP contribution in [0.5, 0.6) is 11.5 Å². The highest BCUT2D eigenvalue weighted by Gasteiger charge is 2.25. The molecule has 1 aromatic heterocycles. The largest absolute Gasteiger partial charge is 0.497 e. The van der Waals surface area contributed by atoms with Gasteiger partial charge in [0.25, 0.3) is 5.89 Å². The molecule has 0 aliphatic rings. The number of ether oxygens (including phenoxy) is 2. The van der Waals surface area contributed by atoms with E-state index >= 15 is 0 Å². The number of aryl methyl sites for hydroxylation is 3. The number of aromatic nitrogens is 2. The lowest BCUT2D eigenvalue weighted by atomic mass is 10.1. The van der Waals surface area contributed by atoms with Gasteiger partial charge in [0.15, 0.2) is 12.4 Å². The molecule has 0 N–H and O–H groups in total. The third-order valence-electron chi connectivity index (χ3n) is 4.86. The summed E-state index contributed by atoms with van der Waals surface area (Å²) in [5.74, 6) is 2.13. The van der Waals surface area contributed by atoms with Crippen LogP contribution in [0.25, 0.3) is 0 Å². The smallest absolute Gasteiger partial charge is 0.264 e. The Hall–Kier alpha value is -2.91. The van der Waals surface area contributed by atoms with Gasteiger partial charge in [0.1, 0.15) is 11.5 Å². The van der Waals surface area contributed by atoms with Crippen molar-refractivity contribution in [2.45, 2.75) is 38.7 Å². The molecular weight excluding hydrogens is 418 g/mol. The van der Waals surface area contributed by atoms with Crippen molar-refractivity contribution in [3.05, 3.63) is 64.8 Å². The maximum absolute atomic E-state index is 13.0. The van der Waals surface area contributed by atoms with E-state index in [1.165, 1.54) is 4.31 Å². The highest BCUT2D eigenvalue weighted by molar-refractivity contribution is 7.89. The normalized spacial score (nSPS) is 11.7. The Labute approximate surface area is 182 Å². The zero-order valence-electron chi connectivity index (χ0n) is 18.4. The SMILES string of the molecule is COc1ccc(OCc2nc(CCN(C)S(=O)(=O)c3c(C)cc(C)cc3C)no2)cc1. The van der Waals surface area contributed by atoms with Crippen LogP contribution in [0.4, 0.5) is 0 Å². The molecular formula is C22H27N3O5S. The Morgan fingerprint density at radius 2 is 1.65 bits per heavy atom. The van der Waals surface area contributed by atoms with Gasteiger partial charge in [-0.25, -0.2) is 12.7 Å². The molecule has 3 rings (SSSR count). The van der Waals surface area contributed by atoms with Crippen molar-refractivity contribution in [2.75, 3.05) is 20.7 Å². The molecule has 0 fully saturated rings. The number of nitrogens with zero attached hydrogens (tertiary/aromatic N) is 3. The highest BCUT2D eigenvalue weighted by atomic mass is 32.2. The first-order chi connectivity index (χ1) is 14.7. The average molecular weight is 446 g/mol. The molecule has 166 valence electrons. The standard InChI is InChI=1S/C22H27N3O5S/c1-15-12-16(2)22(17(3)13-15)31(26,27)25(4)11-10-20-23-21(30-24-20)14-29-19-8-6-18(28-5)7-9-19/h6-9,12-13H,10-11,14H2,1-5H3. The second kappa shape index (κ2) is 9.49. The van der Waals surface area contributed by atoms with Gasteiger partial charge >= 0.3 is 0 Å². The van der Waals surface area contributed by atoms with Gasteiger partial charge in [0, 0.05) is 20.0 Å². The van der Waals surface area contributed by atoms with Gasteiger partial charge in [-0.3, -0.25) is 0 Å². The van der Waals surface area contributed by atoms with E-state index < -0.39 is 10.0 Å². The molecule has 0 spiro atoms. The molecule has 0 amide bonds. The van der Waals surface area contributed by atoms with Crippen molar-refractivity contribution in [3.8, 4) is 11.5 Å². The molecule has 0 saturated carbocycles. The van der Waals surface area contributed by atoms with Crippen molar-refractivity contribution in [2.24, 2.45) is 0 Å². The van der Waals surface area contributed by atoms with Gasteiger partial charge in [-0.05, 0) is 56.2 Å². The molecule has 3 aromatic rings. The van der Waals surface area contributed by atoms with Crippen LogP contribution in [0.3, 0.4) is 0 Å². The fourth-order valence-electron chi connectivity index (χ4n) is 3.37.